The van der Waals surface area contributed by atoms with Crippen molar-refractivity contribution in [1.82, 2.24) is 4.98 Å². The molecular formula is C13H12ClF2NO. The van der Waals surface area contributed by atoms with Gasteiger partial charge in [0.05, 0.1) is 11.8 Å². The maximum atomic E-state index is 13.6. The van der Waals surface area contributed by atoms with Crippen LogP contribution in [0.5, 0.6) is 0 Å². The number of benzene rings is 1. The highest BCUT2D eigenvalue weighted by Gasteiger charge is 2.13. The number of rotatable bonds is 4. The summed E-state index contributed by atoms with van der Waals surface area (Å²) in [7, 11) is 0. The normalized spacial score (nSPS) is 10.9. The SMILES string of the molecule is Cc1cc(-c2cnc(CCCCl)o2)c(F)cc1F. The zero-order valence-corrected chi connectivity index (χ0v) is 10.6. The minimum atomic E-state index is -0.654. The van der Waals surface area contributed by atoms with E-state index in [1.165, 1.54) is 12.3 Å². The molecule has 96 valence electrons. The molecule has 0 saturated carbocycles. The van der Waals surface area contributed by atoms with Gasteiger partial charge >= 0.3 is 0 Å². The van der Waals surface area contributed by atoms with Crippen LogP contribution in [0.3, 0.4) is 0 Å². The molecule has 1 aromatic carbocycles. The predicted octanol–water partition coefficient (Wildman–Crippen LogP) is 4.10. The van der Waals surface area contributed by atoms with Gasteiger partial charge < -0.3 is 4.42 Å². The molecule has 0 fully saturated rings. The van der Waals surface area contributed by atoms with Gasteiger partial charge in [0, 0.05) is 18.4 Å². The van der Waals surface area contributed by atoms with Gasteiger partial charge in [-0.3, -0.25) is 0 Å². The summed E-state index contributed by atoms with van der Waals surface area (Å²) >= 11 is 5.57. The third kappa shape index (κ3) is 2.70. The number of nitrogens with zero attached hydrogens (tertiary/aromatic N) is 1. The number of halogens is 3. The topological polar surface area (TPSA) is 26.0 Å². The van der Waals surface area contributed by atoms with Gasteiger partial charge in [-0.15, -0.1) is 11.6 Å². The Bertz CT molecular complexity index is 554. The van der Waals surface area contributed by atoms with Crippen LogP contribution in [0.15, 0.2) is 22.7 Å². The molecule has 0 atom stereocenters. The van der Waals surface area contributed by atoms with Crippen LogP contribution >= 0.6 is 11.6 Å². The Hall–Kier alpha value is -1.42. The van der Waals surface area contributed by atoms with Crippen LogP contribution < -0.4 is 0 Å². The molecule has 1 aromatic heterocycles. The first-order valence-electron chi connectivity index (χ1n) is 5.58. The van der Waals surface area contributed by atoms with Crippen molar-refractivity contribution in [1.29, 1.82) is 0 Å². The minimum Gasteiger partial charge on any atom is -0.441 e. The van der Waals surface area contributed by atoms with Gasteiger partial charge in [-0.05, 0) is 25.0 Å². The fourth-order valence-electron chi connectivity index (χ4n) is 1.61. The molecule has 5 heteroatoms. The highest BCUT2D eigenvalue weighted by Crippen LogP contribution is 2.26. The number of hydrogen-bond donors (Lipinski definition) is 0. The van der Waals surface area contributed by atoms with Crippen molar-refractivity contribution in [2.75, 3.05) is 5.88 Å². The maximum absolute atomic E-state index is 13.6. The van der Waals surface area contributed by atoms with Crippen molar-refractivity contribution >= 4 is 11.6 Å². The highest BCUT2D eigenvalue weighted by atomic mass is 35.5. The summed E-state index contributed by atoms with van der Waals surface area (Å²) in [6.45, 7) is 1.57. The van der Waals surface area contributed by atoms with Crippen LogP contribution in [-0.4, -0.2) is 10.9 Å². The predicted molar refractivity (Wildman–Crippen MR) is 65.6 cm³/mol. The van der Waals surface area contributed by atoms with Crippen LogP contribution in [0.25, 0.3) is 11.3 Å². The second-order valence-corrected chi connectivity index (χ2v) is 4.37. The second kappa shape index (κ2) is 5.48. The standard InChI is InChI=1S/C13H12ClF2NO/c1-8-5-9(11(16)6-10(8)15)12-7-17-13(18-12)3-2-4-14/h5-7H,2-4H2,1H3. The molecule has 0 radical (unpaired) electrons. The van der Waals surface area contributed by atoms with Gasteiger partial charge in [0.15, 0.2) is 11.7 Å². The molecule has 0 aliphatic heterocycles. The van der Waals surface area contributed by atoms with Crippen LogP contribution in [-0.2, 0) is 6.42 Å². The van der Waals surface area contributed by atoms with E-state index in [1.54, 1.807) is 6.92 Å². The van der Waals surface area contributed by atoms with Crippen LogP contribution in [0.4, 0.5) is 8.78 Å². The van der Waals surface area contributed by atoms with E-state index in [0.29, 0.717) is 29.5 Å². The Labute approximate surface area is 109 Å². The second-order valence-electron chi connectivity index (χ2n) is 3.99. The lowest BCUT2D eigenvalue weighted by Gasteiger charge is -2.02. The lowest BCUT2D eigenvalue weighted by molar-refractivity contribution is 0.498. The zero-order chi connectivity index (χ0) is 13.1. The summed E-state index contributed by atoms with van der Waals surface area (Å²) in [6, 6.07) is 2.27. The van der Waals surface area contributed by atoms with E-state index in [0.717, 1.165) is 12.5 Å². The summed E-state index contributed by atoms with van der Waals surface area (Å²) in [4.78, 5) is 4.04. The molecule has 2 aromatic rings. The van der Waals surface area contributed by atoms with E-state index in [1.807, 2.05) is 0 Å². The van der Waals surface area contributed by atoms with Crippen molar-refractivity contribution in [3.63, 3.8) is 0 Å². The lowest BCUT2D eigenvalue weighted by atomic mass is 10.1. The van der Waals surface area contributed by atoms with Crippen LogP contribution in [0, 0.1) is 18.6 Å². The zero-order valence-electron chi connectivity index (χ0n) is 9.84. The number of aryl methyl sites for hydroxylation is 2. The lowest BCUT2D eigenvalue weighted by Crippen LogP contribution is -1.89. The first kappa shape index (κ1) is 13.0. The Kier molecular flexibility index (Phi) is 3.97. The van der Waals surface area contributed by atoms with Gasteiger partial charge in [0.2, 0.25) is 0 Å². The van der Waals surface area contributed by atoms with E-state index in [2.05, 4.69) is 4.98 Å². The van der Waals surface area contributed by atoms with Crippen LogP contribution in [0.1, 0.15) is 17.9 Å². The summed E-state index contributed by atoms with van der Waals surface area (Å²) in [5.74, 6) is 0.102. The Morgan fingerprint density at radius 3 is 2.78 bits per heavy atom. The van der Waals surface area contributed by atoms with Gasteiger partial charge in [-0.1, -0.05) is 0 Å². The largest absolute Gasteiger partial charge is 0.441 e. The fraction of sp³-hybridized carbons (Fsp3) is 0.308. The first-order valence-corrected chi connectivity index (χ1v) is 6.12. The molecule has 0 bridgehead atoms. The van der Waals surface area contributed by atoms with E-state index in [9.17, 15) is 8.78 Å². The number of hydrogen-bond acceptors (Lipinski definition) is 2. The summed E-state index contributed by atoms with van der Waals surface area (Å²) in [6.07, 6.45) is 2.79. The third-order valence-electron chi connectivity index (χ3n) is 2.59. The Balaban J connectivity index is 2.31. The molecule has 18 heavy (non-hydrogen) atoms. The number of oxazole rings is 1. The molecule has 2 nitrogen and oxygen atoms in total. The fourth-order valence-corrected chi connectivity index (χ4v) is 1.75. The molecular weight excluding hydrogens is 260 g/mol. The third-order valence-corrected chi connectivity index (χ3v) is 2.86. The molecule has 0 unspecified atom stereocenters. The Morgan fingerprint density at radius 2 is 2.06 bits per heavy atom. The minimum absolute atomic E-state index is 0.221. The van der Waals surface area contributed by atoms with Crippen molar-refractivity contribution in [2.24, 2.45) is 0 Å². The number of aromatic nitrogens is 1. The quantitative estimate of drug-likeness (QED) is 0.783. The van der Waals surface area contributed by atoms with E-state index in [-0.39, 0.29) is 5.56 Å². The molecule has 0 saturated heterocycles. The van der Waals surface area contributed by atoms with Crippen molar-refractivity contribution < 1.29 is 13.2 Å². The molecule has 0 amide bonds. The van der Waals surface area contributed by atoms with E-state index >= 15 is 0 Å². The average Bonchev–Trinajstić information content (AvgIpc) is 2.79. The summed E-state index contributed by atoms with van der Waals surface area (Å²) in [5, 5.41) is 0. The van der Waals surface area contributed by atoms with Gasteiger partial charge in [0.25, 0.3) is 0 Å². The molecule has 1 heterocycles. The summed E-state index contributed by atoms with van der Waals surface area (Å²) in [5.41, 5.74) is 0.587. The smallest absolute Gasteiger partial charge is 0.194 e. The molecule has 0 aliphatic rings. The van der Waals surface area contributed by atoms with E-state index < -0.39 is 11.6 Å². The maximum Gasteiger partial charge on any atom is 0.194 e. The average molecular weight is 272 g/mol. The van der Waals surface area contributed by atoms with Crippen molar-refractivity contribution in [3.8, 4) is 11.3 Å². The Morgan fingerprint density at radius 1 is 1.28 bits per heavy atom. The van der Waals surface area contributed by atoms with E-state index in [4.69, 9.17) is 16.0 Å². The van der Waals surface area contributed by atoms with Gasteiger partial charge in [0.1, 0.15) is 11.6 Å². The first-order chi connectivity index (χ1) is 8.61. The molecule has 2 rings (SSSR count). The highest BCUT2D eigenvalue weighted by molar-refractivity contribution is 6.17. The summed E-state index contributed by atoms with van der Waals surface area (Å²) < 4.78 is 32.2. The van der Waals surface area contributed by atoms with Gasteiger partial charge in [-0.2, -0.15) is 0 Å². The molecule has 0 N–H and O–H groups in total. The van der Waals surface area contributed by atoms with Gasteiger partial charge in [-0.25, -0.2) is 13.8 Å². The monoisotopic (exact) mass is 271 g/mol. The number of alkyl halides is 1. The molecule has 0 aliphatic carbocycles. The molecule has 0 spiro atoms. The van der Waals surface area contributed by atoms with Crippen molar-refractivity contribution in [3.05, 3.63) is 41.4 Å². The van der Waals surface area contributed by atoms with Crippen LogP contribution in [0.2, 0.25) is 0 Å². The van der Waals surface area contributed by atoms with Crippen molar-refractivity contribution in [2.45, 2.75) is 19.8 Å².